The lowest BCUT2D eigenvalue weighted by atomic mass is 9.98. The van der Waals surface area contributed by atoms with Crippen LogP contribution in [0.3, 0.4) is 0 Å². The lowest BCUT2D eigenvalue weighted by molar-refractivity contribution is -0.192. The molecule has 4 rings (SSSR count). The van der Waals surface area contributed by atoms with Crippen molar-refractivity contribution in [1.82, 2.24) is 9.88 Å². The van der Waals surface area contributed by atoms with Crippen LogP contribution < -0.4 is 15.5 Å². The third-order valence-corrected chi connectivity index (χ3v) is 6.29. The third kappa shape index (κ3) is 10.3. The minimum absolute atomic E-state index is 0.251. The molecule has 3 aromatic carbocycles. The van der Waals surface area contributed by atoms with Crippen molar-refractivity contribution in [3.8, 4) is 16.9 Å². The van der Waals surface area contributed by atoms with Gasteiger partial charge in [-0.1, -0.05) is 54.1 Å². The van der Waals surface area contributed by atoms with E-state index in [1.54, 1.807) is 47.0 Å². The van der Waals surface area contributed by atoms with Gasteiger partial charge in [0.25, 0.3) is 5.91 Å². The molecule has 1 heterocycles. The SMILES string of the molecule is N=c1ccccn1CCOc1ccc(C(=O)NC(CC(=O)O)c2ccc(-c3cccc(Cl)c3)cc2)cc1.O=C(O)C(F)(F)F. The van der Waals surface area contributed by atoms with E-state index in [2.05, 4.69) is 5.32 Å². The number of benzene rings is 3. The van der Waals surface area contributed by atoms with E-state index >= 15 is 0 Å². The molecule has 1 aromatic heterocycles. The van der Waals surface area contributed by atoms with E-state index in [1.807, 2.05) is 54.7 Å². The topological polar surface area (TPSA) is 142 Å². The van der Waals surface area contributed by atoms with E-state index in [0.717, 1.165) is 11.1 Å². The van der Waals surface area contributed by atoms with Gasteiger partial charge in [-0.25, -0.2) is 4.79 Å². The quantitative estimate of drug-likeness (QED) is 0.171. The highest BCUT2D eigenvalue weighted by Crippen LogP contribution is 2.26. The Morgan fingerprint density at radius 1 is 0.909 bits per heavy atom. The number of aromatic nitrogens is 1. The summed E-state index contributed by atoms with van der Waals surface area (Å²) < 4.78 is 39.2. The van der Waals surface area contributed by atoms with Crippen molar-refractivity contribution < 1.29 is 42.5 Å². The molecule has 0 spiro atoms. The average Bonchev–Trinajstić information content (AvgIpc) is 2.98. The van der Waals surface area contributed by atoms with Crippen molar-refractivity contribution in [2.24, 2.45) is 0 Å². The molecule has 1 amide bonds. The molecule has 0 aliphatic rings. The summed E-state index contributed by atoms with van der Waals surface area (Å²) in [6.45, 7) is 0.896. The van der Waals surface area contributed by atoms with Gasteiger partial charge in [-0.2, -0.15) is 13.2 Å². The summed E-state index contributed by atoms with van der Waals surface area (Å²) in [5.74, 6) is -3.55. The number of aliphatic carboxylic acids is 2. The summed E-state index contributed by atoms with van der Waals surface area (Å²) in [6, 6.07) is 26.2. The highest BCUT2D eigenvalue weighted by atomic mass is 35.5. The van der Waals surface area contributed by atoms with E-state index in [-0.39, 0.29) is 12.3 Å². The first-order valence-electron chi connectivity index (χ1n) is 12.9. The van der Waals surface area contributed by atoms with Gasteiger partial charge in [0.05, 0.1) is 19.0 Å². The summed E-state index contributed by atoms with van der Waals surface area (Å²) in [7, 11) is 0. The summed E-state index contributed by atoms with van der Waals surface area (Å²) in [5.41, 5.74) is 3.36. The largest absolute Gasteiger partial charge is 0.492 e. The zero-order valence-corrected chi connectivity index (χ0v) is 23.7. The summed E-state index contributed by atoms with van der Waals surface area (Å²) in [6.07, 6.45) is -3.52. The molecule has 0 fully saturated rings. The Morgan fingerprint density at radius 2 is 1.57 bits per heavy atom. The Labute approximate surface area is 254 Å². The number of alkyl halides is 3. The molecule has 0 saturated heterocycles. The van der Waals surface area contributed by atoms with Crippen LogP contribution in [0.2, 0.25) is 5.02 Å². The van der Waals surface area contributed by atoms with Gasteiger partial charge < -0.3 is 24.8 Å². The molecule has 0 radical (unpaired) electrons. The lowest BCUT2D eigenvalue weighted by Gasteiger charge is -2.18. The van der Waals surface area contributed by atoms with Crippen molar-refractivity contribution in [3.63, 3.8) is 0 Å². The highest BCUT2D eigenvalue weighted by molar-refractivity contribution is 6.30. The number of pyridine rings is 1. The molecule has 13 heteroatoms. The number of ether oxygens (including phenoxy) is 1. The number of halogens is 4. The molecule has 1 unspecified atom stereocenters. The standard InChI is InChI=1S/C29H26ClN3O4.C2HF3O2/c30-24-5-3-4-23(18-24)20-7-9-21(10-8-20)26(19-28(34)35)32-29(36)22-11-13-25(14-12-22)37-17-16-33-15-2-1-6-27(33)31;3-2(4,5)1(6)7/h1-15,18,26,31H,16-17,19H2,(H,32,36)(H,34,35);(H,6,7). The van der Waals surface area contributed by atoms with Crippen LogP contribution in [0.15, 0.2) is 97.2 Å². The molecular formula is C31H27ClF3N3O6. The molecule has 4 N–H and O–H groups in total. The number of carboxylic acid groups (broad SMARTS) is 2. The first-order valence-corrected chi connectivity index (χ1v) is 13.3. The van der Waals surface area contributed by atoms with Gasteiger partial charge in [0.15, 0.2) is 0 Å². The highest BCUT2D eigenvalue weighted by Gasteiger charge is 2.38. The summed E-state index contributed by atoms with van der Waals surface area (Å²) in [5, 5.41) is 27.9. The normalized spacial score (nSPS) is 11.5. The number of hydrogen-bond acceptors (Lipinski definition) is 5. The fourth-order valence-corrected chi connectivity index (χ4v) is 4.07. The van der Waals surface area contributed by atoms with Crippen molar-refractivity contribution in [2.75, 3.05) is 6.61 Å². The zero-order valence-electron chi connectivity index (χ0n) is 22.9. The first kappa shape index (κ1) is 33.4. The Kier molecular flexibility index (Phi) is 11.7. The second-order valence-electron chi connectivity index (χ2n) is 9.21. The maximum atomic E-state index is 12.9. The van der Waals surface area contributed by atoms with Crippen molar-refractivity contribution >= 4 is 29.4 Å². The molecule has 230 valence electrons. The van der Waals surface area contributed by atoms with Crippen LogP contribution in [0.5, 0.6) is 5.75 Å². The van der Waals surface area contributed by atoms with Gasteiger partial charge in [0.1, 0.15) is 17.8 Å². The number of hydrogen-bond donors (Lipinski definition) is 4. The van der Waals surface area contributed by atoms with E-state index < -0.39 is 24.2 Å². The van der Waals surface area contributed by atoms with Crippen LogP contribution >= 0.6 is 11.6 Å². The molecule has 1 atom stereocenters. The van der Waals surface area contributed by atoms with Crippen LogP contribution in [-0.4, -0.2) is 45.4 Å². The smallest absolute Gasteiger partial charge is 0.490 e. The molecule has 4 aromatic rings. The van der Waals surface area contributed by atoms with Crippen LogP contribution in [0.4, 0.5) is 13.2 Å². The monoisotopic (exact) mass is 629 g/mol. The van der Waals surface area contributed by atoms with Crippen LogP contribution in [0.25, 0.3) is 11.1 Å². The Bertz CT molecular complexity index is 1640. The van der Waals surface area contributed by atoms with E-state index in [9.17, 15) is 27.9 Å². The van der Waals surface area contributed by atoms with Crippen LogP contribution in [0, 0.1) is 5.41 Å². The van der Waals surface area contributed by atoms with Gasteiger partial charge in [-0.05, 0) is 65.2 Å². The van der Waals surface area contributed by atoms with Gasteiger partial charge in [0, 0.05) is 16.8 Å². The number of carbonyl (C=O) groups excluding carboxylic acids is 1. The summed E-state index contributed by atoms with van der Waals surface area (Å²) >= 11 is 6.09. The van der Waals surface area contributed by atoms with E-state index in [0.29, 0.717) is 40.5 Å². The number of amides is 1. The number of nitrogens with one attached hydrogen (secondary N) is 2. The first-order chi connectivity index (χ1) is 20.8. The Morgan fingerprint density at radius 3 is 2.14 bits per heavy atom. The third-order valence-electron chi connectivity index (χ3n) is 6.06. The molecule has 0 bridgehead atoms. The second-order valence-corrected chi connectivity index (χ2v) is 9.65. The molecule has 0 saturated carbocycles. The number of carbonyl (C=O) groups is 3. The Balaban J connectivity index is 0.000000676. The molecule has 44 heavy (non-hydrogen) atoms. The van der Waals surface area contributed by atoms with Crippen LogP contribution in [0.1, 0.15) is 28.4 Å². The van der Waals surface area contributed by atoms with E-state index in [4.69, 9.17) is 31.6 Å². The number of nitrogens with zero attached hydrogens (tertiary/aromatic N) is 1. The van der Waals surface area contributed by atoms with Gasteiger partial charge in [-0.3, -0.25) is 15.0 Å². The van der Waals surface area contributed by atoms with Gasteiger partial charge in [0.2, 0.25) is 0 Å². The van der Waals surface area contributed by atoms with Crippen molar-refractivity contribution in [3.05, 3.63) is 119 Å². The minimum Gasteiger partial charge on any atom is -0.492 e. The van der Waals surface area contributed by atoms with Crippen LogP contribution in [-0.2, 0) is 16.1 Å². The fraction of sp³-hybridized carbons (Fsp3) is 0.161. The van der Waals surface area contributed by atoms with E-state index in [1.165, 1.54) is 0 Å². The van der Waals surface area contributed by atoms with Crippen molar-refractivity contribution in [1.29, 1.82) is 5.41 Å². The average molecular weight is 630 g/mol. The van der Waals surface area contributed by atoms with Gasteiger partial charge in [-0.15, -0.1) is 0 Å². The maximum absolute atomic E-state index is 12.9. The molecule has 0 aliphatic carbocycles. The molecule has 9 nitrogen and oxygen atoms in total. The fourth-order valence-electron chi connectivity index (χ4n) is 3.88. The minimum atomic E-state index is -5.08. The number of rotatable bonds is 10. The Hall–Kier alpha value is -5.10. The molecular weight excluding hydrogens is 603 g/mol. The lowest BCUT2D eigenvalue weighted by Crippen LogP contribution is -2.30. The number of carboxylic acids is 2. The zero-order chi connectivity index (χ0) is 32.3. The second kappa shape index (κ2) is 15.4. The van der Waals surface area contributed by atoms with Gasteiger partial charge >= 0.3 is 18.1 Å². The maximum Gasteiger partial charge on any atom is 0.490 e. The summed E-state index contributed by atoms with van der Waals surface area (Å²) in [4.78, 5) is 33.3. The predicted molar refractivity (Wildman–Crippen MR) is 155 cm³/mol. The van der Waals surface area contributed by atoms with Crippen molar-refractivity contribution in [2.45, 2.75) is 25.2 Å². The predicted octanol–water partition coefficient (Wildman–Crippen LogP) is 5.95. The molecule has 0 aliphatic heterocycles.